The van der Waals surface area contributed by atoms with E-state index in [4.69, 9.17) is 11.6 Å². The van der Waals surface area contributed by atoms with Crippen LogP contribution in [0.5, 0.6) is 0 Å². The molecule has 1 aliphatic carbocycles. The third-order valence-electron chi connectivity index (χ3n) is 5.79. The maximum atomic E-state index is 13.3. The average Bonchev–Trinajstić information content (AvgIpc) is 3.23. The van der Waals surface area contributed by atoms with Gasteiger partial charge < -0.3 is 10.6 Å². The smallest absolute Gasteiger partial charge is 0.272 e. The number of carbonyl (C=O) groups excluding carboxylic acids is 2. The highest BCUT2D eigenvalue weighted by molar-refractivity contribution is 6.32. The van der Waals surface area contributed by atoms with Crippen molar-refractivity contribution in [2.45, 2.75) is 6.42 Å². The van der Waals surface area contributed by atoms with Crippen molar-refractivity contribution in [3.63, 3.8) is 0 Å². The molecule has 0 saturated carbocycles. The van der Waals surface area contributed by atoms with Crippen LogP contribution in [0.2, 0.25) is 5.02 Å². The van der Waals surface area contributed by atoms with E-state index in [1.165, 1.54) is 16.7 Å². The van der Waals surface area contributed by atoms with E-state index in [-0.39, 0.29) is 11.6 Å². The van der Waals surface area contributed by atoms with Gasteiger partial charge >= 0.3 is 0 Å². The van der Waals surface area contributed by atoms with E-state index in [0.717, 1.165) is 12.0 Å². The molecule has 166 valence electrons. The van der Waals surface area contributed by atoms with Crippen LogP contribution in [0.1, 0.15) is 27.0 Å². The van der Waals surface area contributed by atoms with E-state index in [1.54, 1.807) is 42.5 Å². The Kier molecular flexibility index (Phi) is 5.98. The molecule has 0 heterocycles. The van der Waals surface area contributed by atoms with Gasteiger partial charge in [0, 0.05) is 16.3 Å². The molecule has 0 unspecified atom stereocenters. The van der Waals surface area contributed by atoms with Gasteiger partial charge in [0.15, 0.2) is 0 Å². The van der Waals surface area contributed by atoms with Gasteiger partial charge in [0.1, 0.15) is 5.70 Å². The van der Waals surface area contributed by atoms with Gasteiger partial charge in [-0.15, -0.1) is 0 Å². The second kappa shape index (κ2) is 9.38. The summed E-state index contributed by atoms with van der Waals surface area (Å²) in [6.45, 7) is 0. The van der Waals surface area contributed by atoms with E-state index in [2.05, 4.69) is 22.8 Å². The minimum absolute atomic E-state index is 0.103. The maximum Gasteiger partial charge on any atom is 0.272 e. The van der Waals surface area contributed by atoms with Crippen molar-refractivity contribution in [3.05, 3.63) is 130 Å². The number of hydrogen-bond acceptors (Lipinski definition) is 2. The topological polar surface area (TPSA) is 58.2 Å². The number of carbonyl (C=O) groups is 2. The minimum atomic E-state index is -0.431. The summed E-state index contributed by atoms with van der Waals surface area (Å²) in [6, 6.07) is 30.1. The van der Waals surface area contributed by atoms with Crippen LogP contribution in [0, 0.1) is 0 Å². The average molecular weight is 465 g/mol. The Morgan fingerprint density at radius 3 is 2.29 bits per heavy atom. The zero-order chi connectivity index (χ0) is 23.5. The fourth-order valence-corrected chi connectivity index (χ4v) is 4.30. The summed E-state index contributed by atoms with van der Waals surface area (Å²) in [6.07, 6.45) is 2.41. The zero-order valence-electron chi connectivity index (χ0n) is 18.2. The van der Waals surface area contributed by atoms with Crippen LogP contribution in [0.3, 0.4) is 0 Å². The second-order valence-electron chi connectivity index (χ2n) is 8.06. The summed E-state index contributed by atoms with van der Waals surface area (Å²) < 4.78 is 0. The highest BCUT2D eigenvalue weighted by Crippen LogP contribution is 2.37. The van der Waals surface area contributed by atoms with Gasteiger partial charge in [0.2, 0.25) is 0 Å². The number of nitrogens with one attached hydrogen (secondary N) is 2. The first-order valence-electron chi connectivity index (χ1n) is 10.9. The van der Waals surface area contributed by atoms with Crippen LogP contribution < -0.4 is 10.6 Å². The fraction of sp³-hybridized carbons (Fsp3) is 0.0345. The minimum Gasteiger partial charge on any atom is -0.321 e. The molecule has 34 heavy (non-hydrogen) atoms. The molecular formula is C29H21ClN2O2. The summed E-state index contributed by atoms with van der Waals surface area (Å²) in [5.74, 6) is -0.807. The van der Waals surface area contributed by atoms with Crippen LogP contribution in [0.4, 0.5) is 5.69 Å². The van der Waals surface area contributed by atoms with Gasteiger partial charge in [0.25, 0.3) is 11.8 Å². The lowest BCUT2D eigenvalue weighted by Gasteiger charge is -2.13. The Bertz CT molecular complexity index is 1430. The molecule has 0 spiro atoms. The number of anilines is 1. The predicted octanol–water partition coefficient (Wildman–Crippen LogP) is 6.32. The van der Waals surface area contributed by atoms with Crippen molar-refractivity contribution in [2.75, 3.05) is 5.32 Å². The molecule has 0 aliphatic heterocycles. The lowest BCUT2D eigenvalue weighted by Crippen LogP contribution is -2.30. The Balaban J connectivity index is 1.42. The van der Waals surface area contributed by atoms with Crippen molar-refractivity contribution >= 4 is 35.2 Å². The molecule has 4 aromatic carbocycles. The molecule has 0 radical (unpaired) electrons. The van der Waals surface area contributed by atoms with Gasteiger partial charge in [0.05, 0.1) is 0 Å². The highest BCUT2D eigenvalue weighted by atomic mass is 35.5. The van der Waals surface area contributed by atoms with Crippen molar-refractivity contribution in [1.29, 1.82) is 0 Å². The molecule has 2 N–H and O–H groups in total. The summed E-state index contributed by atoms with van der Waals surface area (Å²) >= 11 is 6.31. The molecule has 4 nitrogen and oxygen atoms in total. The first-order chi connectivity index (χ1) is 16.6. The Morgan fingerprint density at radius 1 is 0.765 bits per heavy atom. The molecule has 2 amide bonds. The van der Waals surface area contributed by atoms with E-state index >= 15 is 0 Å². The highest BCUT2D eigenvalue weighted by Gasteiger charge is 2.20. The molecule has 5 heteroatoms. The number of benzene rings is 4. The number of hydrogen-bond donors (Lipinski definition) is 2. The van der Waals surface area contributed by atoms with Crippen molar-refractivity contribution in [3.8, 4) is 11.1 Å². The lowest BCUT2D eigenvalue weighted by molar-refractivity contribution is -0.113. The van der Waals surface area contributed by atoms with Crippen molar-refractivity contribution < 1.29 is 9.59 Å². The van der Waals surface area contributed by atoms with Gasteiger partial charge in [-0.3, -0.25) is 9.59 Å². The van der Waals surface area contributed by atoms with Gasteiger partial charge in [-0.1, -0.05) is 78.3 Å². The Morgan fingerprint density at radius 2 is 1.47 bits per heavy atom. The third-order valence-corrected chi connectivity index (χ3v) is 6.13. The quantitative estimate of drug-likeness (QED) is 0.299. The summed E-state index contributed by atoms with van der Waals surface area (Å²) in [7, 11) is 0. The normalized spacial score (nSPS) is 12.0. The van der Waals surface area contributed by atoms with Crippen LogP contribution >= 0.6 is 11.6 Å². The third kappa shape index (κ3) is 4.49. The summed E-state index contributed by atoms with van der Waals surface area (Å²) in [5.41, 5.74) is 6.69. The van der Waals surface area contributed by atoms with Crippen molar-refractivity contribution in [2.24, 2.45) is 0 Å². The van der Waals surface area contributed by atoms with Gasteiger partial charge in [-0.2, -0.15) is 0 Å². The molecule has 0 atom stereocenters. The van der Waals surface area contributed by atoms with Crippen LogP contribution in [-0.4, -0.2) is 11.8 Å². The first kappa shape index (κ1) is 21.7. The maximum absolute atomic E-state index is 13.3. The van der Waals surface area contributed by atoms with E-state index in [1.807, 2.05) is 48.5 Å². The van der Waals surface area contributed by atoms with Gasteiger partial charge in [-0.25, -0.2) is 0 Å². The monoisotopic (exact) mass is 464 g/mol. The summed E-state index contributed by atoms with van der Waals surface area (Å²) in [5, 5.41) is 6.16. The van der Waals surface area contributed by atoms with E-state index in [0.29, 0.717) is 21.8 Å². The summed E-state index contributed by atoms with van der Waals surface area (Å²) in [4.78, 5) is 26.1. The molecule has 1 aliphatic rings. The lowest BCUT2D eigenvalue weighted by atomic mass is 10.1. The van der Waals surface area contributed by atoms with E-state index in [9.17, 15) is 9.59 Å². The zero-order valence-corrected chi connectivity index (χ0v) is 19.0. The second-order valence-corrected chi connectivity index (χ2v) is 8.47. The molecule has 5 rings (SSSR count). The molecular weight excluding hydrogens is 444 g/mol. The van der Waals surface area contributed by atoms with Crippen LogP contribution in [0.15, 0.2) is 103 Å². The SMILES string of the molecule is O=C(Nc1ccc2c(c1)Cc1ccccc1-2)/C(=C\c1ccccc1Cl)NC(=O)c1ccccc1. The molecule has 0 aromatic heterocycles. The van der Waals surface area contributed by atoms with Gasteiger partial charge in [-0.05, 0) is 70.6 Å². The number of fused-ring (bicyclic) bond motifs is 3. The fourth-order valence-electron chi connectivity index (χ4n) is 4.11. The number of halogens is 1. The Labute approximate surface area is 202 Å². The molecule has 0 saturated heterocycles. The first-order valence-corrected chi connectivity index (χ1v) is 11.3. The molecule has 0 bridgehead atoms. The van der Waals surface area contributed by atoms with Crippen LogP contribution in [0.25, 0.3) is 17.2 Å². The standard InChI is InChI=1S/C29H21ClN2O2/c30-26-13-7-5-11-21(26)18-27(32-28(33)19-8-2-1-3-9-19)29(34)31-23-14-15-25-22(17-23)16-20-10-4-6-12-24(20)25/h1-15,17-18H,16H2,(H,31,34)(H,32,33)/b27-18+. The number of rotatable bonds is 5. The Hall–Kier alpha value is -4.15. The molecule has 4 aromatic rings. The van der Waals surface area contributed by atoms with Crippen molar-refractivity contribution in [1.82, 2.24) is 5.32 Å². The van der Waals surface area contributed by atoms with Crippen LogP contribution in [-0.2, 0) is 11.2 Å². The van der Waals surface area contributed by atoms with E-state index < -0.39 is 5.91 Å². The predicted molar refractivity (Wildman–Crippen MR) is 137 cm³/mol. The largest absolute Gasteiger partial charge is 0.321 e. The number of amides is 2. The molecule has 0 fully saturated rings.